The molecule has 0 nitrogen and oxygen atoms in total. The van der Waals surface area contributed by atoms with Gasteiger partial charge in [-0.1, -0.05) is 63.3 Å². The molecule has 4 aliphatic carbocycles. The van der Waals surface area contributed by atoms with Gasteiger partial charge in [0.2, 0.25) is 0 Å². The zero-order valence-electron chi connectivity index (χ0n) is 14.7. The molecular weight excluding hydrogens is 259 g/mol. The Morgan fingerprint density at radius 1 is 0.900 bits per heavy atom. The Bertz CT molecular complexity index is 435. The van der Waals surface area contributed by atoms with Crippen LogP contribution in [0.25, 0.3) is 0 Å². The molecule has 0 aromatic carbocycles. The summed E-state index contributed by atoms with van der Waals surface area (Å²) in [4.78, 5) is 0. The SMILES string of the molecule is CC1C2CC3(C1C)C1C2C1C3P(C(C)(C)C)C(C)(C)C. The van der Waals surface area contributed by atoms with Gasteiger partial charge >= 0.3 is 0 Å². The van der Waals surface area contributed by atoms with Gasteiger partial charge in [-0.3, -0.25) is 0 Å². The second kappa shape index (κ2) is 3.50. The van der Waals surface area contributed by atoms with Crippen LogP contribution in [0.5, 0.6) is 0 Å². The molecule has 1 heteroatoms. The van der Waals surface area contributed by atoms with Crippen LogP contribution in [0.2, 0.25) is 0 Å². The molecular formula is C19H33P. The lowest BCUT2D eigenvalue weighted by Gasteiger charge is -2.60. The van der Waals surface area contributed by atoms with Crippen LogP contribution in [0.15, 0.2) is 0 Å². The van der Waals surface area contributed by atoms with Crippen molar-refractivity contribution in [3.8, 4) is 0 Å². The van der Waals surface area contributed by atoms with Crippen molar-refractivity contribution in [2.24, 2.45) is 40.9 Å². The molecule has 0 saturated heterocycles. The molecule has 2 bridgehead atoms. The van der Waals surface area contributed by atoms with Crippen molar-refractivity contribution >= 4 is 7.92 Å². The predicted octanol–water partition coefficient (Wildman–Crippen LogP) is 5.60. The van der Waals surface area contributed by atoms with Gasteiger partial charge in [0.25, 0.3) is 0 Å². The highest BCUT2D eigenvalue weighted by Crippen LogP contribution is 2.95. The van der Waals surface area contributed by atoms with E-state index in [0.717, 1.165) is 34.7 Å². The van der Waals surface area contributed by atoms with Crippen molar-refractivity contribution in [3.63, 3.8) is 0 Å². The number of hydrogen-bond acceptors (Lipinski definition) is 0. The molecule has 4 rings (SSSR count). The third-order valence-electron chi connectivity index (χ3n) is 7.79. The van der Waals surface area contributed by atoms with Crippen molar-refractivity contribution in [2.45, 2.75) is 77.8 Å². The van der Waals surface area contributed by atoms with E-state index in [1.165, 1.54) is 11.8 Å². The lowest BCUT2D eigenvalue weighted by molar-refractivity contribution is 0.0641. The molecule has 4 aliphatic rings. The third kappa shape index (κ3) is 1.31. The zero-order valence-corrected chi connectivity index (χ0v) is 15.6. The number of fused-ring (bicyclic) bond motifs is 3. The van der Waals surface area contributed by atoms with Crippen molar-refractivity contribution in [1.29, 1.82) is 0 Å². The minimum Gasteiger partial charge on any atom is -0.0916 e. The maximum absolute atomic E-state index is 2.61. The molecule has 0 heterocycles. The van der Waals surface area contributed by atoms with E-state index in [-0.39, 0.29) is 7.92 Å². The summed E-state index contributed by atoms with van der Waals surface area (Å²) in [6.07, 6.45) is 1.61. The van der Waals surface area contributed by atoms with Crippen LogP contribution in [0.1, 0.15) is 61.8 Å². The molecule has 0 aliphatic heterocycles. The summed E-state index contributed by atoms with van der Waals surface area (Å²) in [7, 11) is 0.0969. The van der Waals surface area contributed by atoms with Crippen LogP contribution >= 0.6 is 7.92 Å². The fraction of sp³-hybridized carbons (Fsp3) is 1.00. The van der Waals surface area contributed by atoms with Gasteiger partial charge in [-0.05, 0) is 63.3 Å². The second-order valence-corrected chi connectivity index (χ2v) is 14.4. The fourth-order valence-electron chi connectivity index (χ4n) is 7.68. The van der Waals surface area contributed by atoms with Crippen LogP contribution in [-0.4, -0.2) is 16.0 Å². The summed E-state index contributed by atoms with van der Waals surface area (Å²) in [5, 5.41) is 1.03. The molecule has 0 N–H and O–H groups in total. The van der Waals surface area contributed by atoms with Gasteiger partial charge in [0.15, 0.2) is 0 Å². The average molecular weight is 292 g/mol. The quantitative estimate of drug-likeness (QED) is 0.552. The summed E-state index contributed by atoms with van der Waals surface area (Å²) >= 11 is 0. The van der Waals surface area contributed by atoms with Gasteiger partial charge in [-0.2, -0.15) is 0 Å². The molecule has 0 radical (unpaired) electrons. The summed E-state index contributed by atoms with van der Waals surface area (Å²) in [5.41, 5.74) is 1.90. The van der Waals surface area contributed by atoms with Gasteiger partial charge < -0.3 is 0 Å². The van der Waals surface area contributed by atoms with Crippen LogP contribution in [0.3, 0.4) is 0 Å². The molecule has 8 unspecified atom stereocenters. The first-order valence-electron chi connectivity index (χ1n) is 8.82. The Morgan fingerprint density at radius 3 is 1.95 bits per heavy atom. The van der Waals surface area contributed by atoms with Crippen molar-refractivity contribution in [3.05, 3.63) is 0 Å². The first-order chi connectivity index (χ1) is 9.03. The first kappa shape index (κ1) is 14.0. The molecule has 20 heavy (non-hydrogen) atoms. The Kier molecular flexibility index (Phi) is 2.46. The van der Waals surface area contributed by atoms with Gasteiger partial charge in [-0.25, -0.2) is 0 Å². The van der Waals surface area contributed by atoms with E-state index in [1.807, 2.05) is 0 Å². The smallest absolute Gasteiger partial charge is 0.0103 e. The largest absolute Gasteiger partial charge is 0.0916 e. The van der Waals surface area contributed by atoms with E-state index < -0.39 is 0 Å². The van der Waals surface area contributed by atoms with Gasteiger partial charge in [0.05, 0.1) is 0 Å². The van der Waals surface area contributed by atoms with E-state index >= 15 is 0 Å². The lowest BCUT2D eigenvalue weighted by atomic mass is 9.61. The highest BCUT2D eigenvalue weighted by molar-refractivity contribution is 7.61. The van der Waals surface area contributed by atoms with Crippen LogP contribution < -0.4 is 0 Å². The van der Waals surface area contributed by atoms with Crippen molar-refractivity contribution in [2.75, 3.05) is 0 Å². The summed E-state index contributed by atoms with van der Waals surface area (Å²) < 4.78 is 0. The Morgan fingerprint density at radius 2 is 1.45 bits per heavy atom. The summed E-state index contributed by atoms with van der Waals surface area (Å²) in [5.74, 6) is 6.65. The zero-order chi connectivity index (χ0) is 14.8. The van der Waals surface area contributed by atoms with Crippen molar-refractivity contribution in [1.82, 2.24) is 0 Å². The highest BCUT2D eigenvalue weighted by Gasteiger charge is 2.89. The van der Waals surface area contributed by atoms with Crippen LogP contribution in [-0.2, 0) is 0 Å². The van der Waals surface area contributed by atoms with E-state index in [1.54, 1.807) is 6.42 Å². The van der Waals surface area contributed by atoms with Crippen LogP contribution in [0, 0.1) is 40.9 Å². The first-order valence-corrected chi connectivity index (χ1v) is 10.2. The fourth-order valence-corrected chi connectivity index (χ4v) is 13.1. The minimum absolute atomic E-state index is 0.0969. The molecule has 8 atom stereocenters. The number of hydrogen-bond donors (Lipinski definition) is 0. The summed E-state index contributed by atoms with van der Waals surface area (Å²) in [6, 6.07) is 0. The molecule has 0 aromatic rings. The lowest BCUT2D eigenvalue weighted by Crippen LogP contribution is -2.53. The van der Waals surface area contributed by atoms with E-state index in [4.69, 9.17) is 0 Å². The predicted molar refractivity (Wildman–Crippen MR) is 89.6 cm³/mol. The van der Waals surface area contributed by atoms with Crippen molar-refractivity contribution < 1.29 is 0 Å². The summed E-state index contributed by atoms with van der Waals surface area (Å²) in [6.45, 7) is 20.4. The molecule has 1 spiro atoms. The maximum Gasteiger partial charge on any atom is -0.0103 e. The Labute approximate surface area is 127 Å². The maximum atomic E-state index is 2.61. The minimum atomic E-state index is 0.0969. The number of rotatable bonds is 1. The Hall–Kier alpha value is 0.430. The third-order valence-corrected chi connectivity index (χ3v) is 12.1. The molecule has 4 saturated carbocycles. The topological polar surface area (TPSA) is 0 Å². The van der Waals surface area contributed by atoms with E-state index in [2.05, 4.69) is 55.4 Å². The van der Waals surface area contributed by atoms with Gasteiger partial charge in [0.1, 0.15) is 0 Å². The van der Waals surface area contributed by atoms with Gasteiger partial charge in [-0.15, -0.1) is 0 Å². The standard InChI is InChI=1S/C19H33P/c1-10-11(2)19-9-12(10)13-14(15(13)19)16(19)20(17(3,4)5)18(6,7)8/h10-16H,9H2,1-8H3. The molecule has 0 aromatic heterocycles. The molecule has 0 amide bonds. The van der Waals surface area contributed by atoms with E-state index in [9.17, 15) is 0 Å². The second-order valence-electron chi connectivity index (χ2n) is 10.5. The Balaban J connectivity index is 1.75. The average Bonchev–Trinajstić information content (AvgIpc) is 2.78. The van der Waals surface area contributed by atoms with E-state index in [0.29, 0.717) is 10.3 Å². The van der Waals surface area contributed by atoms with Crippen LogP contribution in [0.4, 0.5) is 0 Å². The highest BCUT2D eigenvalue weighted by atomic mass is 31.1. The normalized spacial score (nSPS) is 56.0. The molecule has 4 fully saturated rings. The van der Waals surface area contributed by atoms with Gasteiger partial charge in [0, 0.05) is 0 Å². The molecule has 114 valence electrons. The monoisotopic (exact) mass is 292 g/mol.